The first-order chi connectivity index (χ1) is 9.08. The Balaban J connectivity index is 2.17. The van der Waals surface area contributed by atoms with Crippen molar-refractivity contribution < 1.29 is 19.2 Å². The van der Waals surface area contributed by atoms with Crippen LogP contribution in [0, 0.1) is 5.82 Å². The number of hydrogen-bond acceptors (Lipinski definition) is 3. The van der Waals surface area contributed by atoms with Crippen LogP contribution in [0.25, 0.3) is 0 Å². The fraction of sp³-hybridized carbons (Fsp3) is 0.0769. The second-order valence-corrected chi connectivity index (χ2v) is 4.34. The van der Waals surface area contributed by atoms with Crippen LogP contribution in [0.2, 0.25) is 5.02 Å². The van der Waals surface area contributed by atoms with Crippen LogP contribution in [0.4, 0.5) is 4.39 Å². The first-order valence-electron chi connectivity index (χ1n) is 5.59. The molecule has 19 heavy (non-hydrogen) atoms. The topological polar surface area (TPSA) is 49.7 Å². The van der Waals surface area contributed by atoms with Crippen LogP contribution in [-0.4, -0.2) is 17.2 Å². The predicted molar refractivity (Wildman–Crippen MR) is 72.0 cm³/mol. The van der Waals surface area contributed by atoms with Gasteiger partial charge < -0.3 is 14.8 Å². The number of rotatable bonds is 4. The fourth-order valence-corrected chi connectivity index (χ4v) is 1.81. The molecule has 0 spiro atoms. The van der Waals surface area contributed by atoms with Gasteiger partial charge >= 0.3 is 7.12 Å². The van der Waals surface area contributed by atoms with E-state index in [1.165, 1.54) is 24.3 Å². The highest BCUT2D eigenvalue weighted by Gasteiger charge is 2.16. The lowest BCUT2D eigenvalue weighted by molar-refractivity contribution is 0.306. The molecule has 0 amide bonds. The number of halogens is 2. The number of ether oxygens (including phenoxy) is 1. The van der Waals surface area contributed by atoms with Crippen molar-refractivity contribution in [3.63, 3.8) is 0 Å². The highest BCUT2D eigenvalue weighted by atomic mass is 35.5. The van der Waals surface area contributed by atoms with Gasteiger partial charge in [-0.05, 0) is 24.3 Å². The second kappa shape index (κ2) is 6.06. The number of para-hydroxylation sites is 1. The van der Waals surface area contributed by atoms with Gasteiger partial charge in [0.05, 0.1) is 0 Å². The van der Waals surface area contributed by atoms with Crippen molar-refractivity contribution in [1.82, 2.24) is 0 Å². The van der Waals surface area contributed by atoms with Gasteiger partial charge in [-0.15, -0.1) is 0 Å². The molecular formula is C13H11BClFO3. The summed E-state index contributed by atoms with van der Waals surface area (Å²) in [4.78, 5) is 0. The molecule has 0 aliphatic carbocycles. The largest absolute Gasteiger partial charge is 0.492 e. The van der Waals surface area contributed by atoms with E-state index in [-0.39, 0.29) is 12.1 Å². The Morgan fingerprint density at radius 2 is 1.89 bits per heavy atom. The van der Waals surface area contributed by atoms with Gasteiger partial charge in [0, 0.05) is 16.0 Å². The predicted octanol–water partition coefficient (Wildman–Crippen LogP) is 1.74. The van der Waals surface area contributed by atoms with Crippen molar-refractivity contribution in [3.05, 3.63) is 58.9 Å². The van der Waals surface area contributed by atoms with E-state index in [4.69, 9.17) is 16.3 Å². The van der Waals surface area contributed by atoms with Crippen LogP contribution in [0.5, 0.6) is 5.75 Å². The van der Waals surface area contributed by atoms with E-state index in [9.17, 15) is 14.4 Å². The molecule has 2 aromatic carbocycles. The monoisotopic (exact) mass is 280 g/mol. The molecule has 0 bridgehead atoms. The van der Waals surface area contributed by atoms with Crippen LogP contribution in [0.1, 0.15) is 5.56 Å². The molecule has 2 rings (SSSR count). The molecule has 3 nitrogen and oxygen atoms in total. The van der Waals surface area contributed by atoms with Gasteiger partial charge in [0.1, 0.15) is 18.2 Å². The standard InChI is InChI=1S/C13H11BClFO3/c15-12-6-5-10(16)7-9(12)8-19-13-4-2-1-3-11(13)14(17)18/h1-7,17-18H,8H2. The smallest absolute Gasteiger partial charge is 0.489 e. The van der Waals surface area contributed by atoms with E-state index in [1.807, 2.05) is 0 Å². The van der Waals surface area contributed by atoms with E-state index in [1.54, 1.807) is 18.2 Å². The highest BCUT2D eigenvalue weighted by molar-refractivity contribution is 6.59. The highest BCUT2D eigenvalue weighted by Crippen LogP contribution is 2.19. The van der Waals surface area contributed by atoms with Crippen molar-refractivity contribution in [2.75, 3.05) is 0 Å². The average molecular weight is 280 g/mol. The maximum Gasteiger partial charge on any atom is 0.492 e. The summed E-state index contributed by atoms with van der Waals surface area (Å²) in [6, 6.07) is 10.5. The Labute approximate surface area is 115 Å². The summed E-state index contributed by atoms with van der Waals surface area (Å²) in [5.41, 5.74) is 0.735. The van der Waals surface area contributed by atoms with Crippen molar-refractivity contribution in [2.24, 2.45) is 0 Å². The summed E-state index contributed by atoms with van der Waals surface area (Å²) >= 11 is 5.92. The van der Waals surface area contributed by atoms with Gasteiger partial charge in [0.2, 0.25) is 0 Å². The van der Waals surface area contributed by atoms with E-state index >= 15 is 0 Å². The minimum Gasteiger partial charge on any atom is -0.489 e. The van der Waals surface area contributed by atoms with Gasteiger partial charge in [0.25, 0.3) is 0 Å². The lowest BCUT2D eigenvalue weighted by atomic mass is 9.79. The van der Waals surface area contributed by atoms with Crippen molar-refractivity contribution in [2.45, 2.75) is 6.61 Å². The van der Waals surface area contributed by atoms with Crippen molar-refractivity contribution >= 4 is 24.2 Å². The molecule has 0 aliphatic heterocycles. The quantitative estimate of drug-likeness (QED) is 0.839. The van der Waals surface area contributed by atoms with E-state index < -0.39 is 12.9 Å². The molecule has 0 atom stereocenters. The Hall–Kier alpha value is -1.56. The van der Waals surface area contributed by atoms with E-state index in [0.29, 0.717) is 16.3 Å². The Morgan fingerprint density at radius 1 is 1.16 bits per heavy atom. The van der Waals surface area contributed by atoms with Gasteiger partial charge in [-0.25, -0.2) is 4.39 Å². The summed E-state index contributed by atoms with van der Waals surface area (Å²) < 4.78 is 18.5. The first kappa shape index (κ1) is 13.9. The lowest BCUT2D eigenvalue weighted by Gasteiger charge is -2.11. The Morgan fingerprint density at radius 3 is 2.63 bits per heavy atom. The summed E-state index contributed by atoms with van der Waals surface area (Å²) in [5.74, 6) is -0.0868. The normalized spacial score (nSPS) is 10.3. The molecule has 0 fully saturated rings. The Kier molecular flexibility index (Phi) is 4.42. The molecular weight excluding hydrogens is 269 g/mol. The summed E-state index contributed by atoms with van der Waals surface area (Å²) in [6.07, 6.45) is 0. The summed E-state index contributed by atoms with van der Waals surface area (Å²) in [6.45, 7) is 0.0420. The zero-order valence-corrected chi connectivity index (χ0v) is 10.6. The van der Waals surface area contributed by atoms with Crippen molar-refractivity contribution in [3.8, 4) is 5.75 Å². The van der Waals surface area contributed by atoms with Crippen LogP contribution < -0.4 is 10.2 Å². The van der Waals surface area contributed by atoms with Gasteiger partial charge in [-0.2, -0.15) is 0 Å². The van der Waals surface area contributed by atoms with E-state index in [2.05, 4.69) is 0 Å². The maximum atomic E-state index is 13.1. The summed E-state index contributed by atoms with van der Waals surface area (Å²) in [5, 5.41) is 18.8. The molecule has 0 aliphatic rings. The molecule has 2 N–H and O–H groups in total. The lowest BCUT2D eigenvalue weighted by Crippen LogP contribution is -2.31. The van der Waals surface area contributed by atoms with Gasteiger partial charge in [0.15, 0.2) is 0 Å². The third kappa shape index (κ3) is 3.47. The molecule has 2 aromatic rings. The Bertz CT molecular complexity index is 578. The van der Waals surface area contributed by atoms with Gasteiger partial charge in [-0.1, -0.05) is 29.8 Å². The minimum atomic E-state index is -1.63. The average Bonchev–Trinajstić information content (AvgIpc) is 2.40. The van der Waals surface area contributed by atoms with Crippen LogP contribution in [-0.2, 0) is 6.61 Å². The van der Waals surface area contributed by atoms with E-state index in [0.717, 1.165) is 0 Å². The molecule has 98 valence electrons. The zero-order valence-electron chi connectivity index (χ0n) is 9.88. The third-order valence-electron chi connectivity index (χ3n) is 2.59. The molecule has 0 aromatic heterocycles. The minimum absolute atomic E-state index is 0.0420. The maximum absolute atomic E-state index is 13.1. The molecule has 0 heterocycles. The molecule has 0 saturated heterocycles. The van der Waals surface area contributed by atoms with Gasteiger partial charge in [-0.3, -0.25) is 0 Å². The zero-order chi connectivity index (χ0) is 13.8. The van der Waals surface area contributed by atoms with Crippen molar-refractivity contribution in [1.29, 1.82) is 0 Å². The molecule has 0 saturated carbocycles. The third-order valence-corrected chi connectivity index (χ3v) is 2.96. The SMILES string of the molecule is OB(O)c1ccccc1OCc1cc(F)ccc1Cl. The fourth-order valence-electron chi connectivity index (χ4n) is 1.63. The molecule has 0 unspecified atom stereocenters. The number of benzene rings is 2. The number of hydrogen-bond donors (Lipinski definition) is 2. The second-order valence-electron chi connectivity index (χ2n) is 3.94. The summed E-state index contributed by atoms with van der Waals surface area (Å²) in [7, 11) is -1.63. The first-order valence-corrected chi connectivity index (χ1v) is 5.97. The van der Waals surface area contributed by atoms with Crippen LogP contribution in [0.3, 0.4) is 0 Å². The molecule has 0 radical (unpaired) electrons. The molecule has 6 heteroatoms. The van der Waals surface area contributed by atoms with Crippen LogP contribution in [0.15, 0.2) is 42.5 Å². The van der Waals surface area contributed by atoms with Crippen LogP contribution >= 0.6 is 11.6 Å².